The summed E-state index contributed by atoms with van der Waals surface area (Å²) in [5.74, 6) is 0.461. The Hall–Kier alpha value is -0.110. The fraction of sp³-hybridized carbons (Fsp3) is 1.00. The summed E-state index contributed by atoms with van der Waals surface area (Å²) in [5.41, 5.74) is 0. The van der Waals surface area contributed by atoms with Crippen molar-refractivity contribution in [2.45, 2.75) is 38.5 Å². The van der Waals surface area contributed by atoms with Crippen LogP contribution in [0.4, 0.5) is 4.39 Å². The summed E-state index contributed by atoms with van der Waals surface area (Å²) in [5, 5.41) is 8.92. The van der Waals surface area contributed by atoms with Gasteiger partial charge < -0.3 is 5.11 Å². The second-order valence-electron chi connectivity index (χ2n) is 3.00. The summed E-state index contributed by atoms with van der Waals surface area (Å²) in [4.78, 5) is 0. The Balaban J connectivity index is 2.35. The van der Waals surface area contributed by atoms with Crippen LogP contribution < -0.4 is 0 Å². The first-order valence-electron chi connectivity index (χ1n) is 3.52. The first-order valence-corrected chi connectivity index (χ1v) is 3.52. The fourth-order valence-corrected chi connectivity index (χ4v) is 1.30. The highest BCUT2D eigenvalue weighted by Crippen LogP contribution is 2.25. The van der Waals surface area contributed by atoms with Crippen molar-refractivity contribution < 1.29 is 9.50 Å². The molecule has 0 aromatic carbocycles. The van der Waals surface area contributed by atoms with E-state index >= 15 is 0 Å². The van der Waals surface area contributed by atoms with Gasteiger partial charge in [0.05, 0.1) is 6.10 Å². The second-order valence-corrected chi connectivity index (χ2v) is 3.00. The monoisotopic (exact) mass is 132 g/mol. The van der Waals surface area contributed by atoms with Gasteiger partial charge >= 0.3 is 0 Å². The van der Waals surface area contributed by atoms with E-state index in [1.54, 1.807) is 0 Å². The molecule has 3 atom stereocenters. The van der Waals surface area contributed by atoms with Crippen LogP contribution in [0.15, 0.2) is 0 Å². The molecule has 2 heteroatoms. The average Bonchev–Trinajstić information content (AvgIpc) is 1.80. The standard InChI is InChI=1S/C7H13FO/c1-5-2-3-7(9)6(8)4-5/h5-7,9H,2-4H2,1H3/t5?,6-,7-/m1/s1. The zero-order chi connectivity index (χ0) is 6.85. The summed E-state index contributed by atoms with van der Waals surface area (Å²) in [6.07, 6.45) is 0.514. The Morgan fingerprint density at radius 1 is 1.44 bits per heavy atom. The van der Waals surface area contributed by atoms with Gasteiger partial charge in [0.2, 0.25) is 0 Å². The zero-order valence-corrected chi connectivity index (χ0v) is 5.68. The van der Waals surface area contributed by atoms with E-state index in [1.807, 2.05) is 6.92 Å². The third kappa shape index (κ3) is 1.65. The van der Waals surface area contributed by atoms with Gasteiger partial charge in [0, 0.05) is 0 Å². The third-order valence-corrected chi connectivity index (χ3v) is 2.00. The van der Waals surface area contributed by atoms with Crippen molar-refractivity contribution in [3.63, 3.8) is 0 Å². The lowest BCUT2D eigenvalue weighted by Crippen LogP contribution is -2.29. The molecule has 1 unspecified atom stereocenters. The largest absolute Gasteiger partial charge is 0.390 e. The quantitative estimate of drug-likeness (QED) is 0.529. The predicted molar refractivity (Wildman–Crippen MR) is 33.9 cm³/mol. The zero-order valence-electron chi connectivity index (χ0n) is 5.68. The molecule has 1 nitrogen and oxygen atoms in total. The SMILES string of the molecule is CC1CC[C@@H](O)[C@H](F)C1. The van der Waals surface area contributed by atoms with Crippen LogP contribution in [0.3, 0.4) is 0 Å². The Morgan fingerprint density at radius 3 is 2.56 bits per heavy atom. The number of aliphatic hydroxyl groups excluding tert-OH is 1. The van der Waals surface area contributed by atoms with E-state index in [0.717, 1.165) is 6.42 Å². The van der Waals surface area contributed by atoms with Crippen molar-refractivity contribution in [2.75, 3.05) is 0 Å². The maximum absolute atomic E-state index is 12.6. The summed E-state index contributed by atoms with van der Waals surface area (Å²) in [6.45, 7) is 2.03. The molecule has 0 aromatic heterocycles. The van der Waals surface area contributed by atoms with Crippen LogP contribution in [0.1, 0.15) is 26.2 Å². The van der Waals surface area contributed by atoms with Gasteiger partial charge in [-0.2, -0.15) is 0 Å². The van der Waals surface area contributed by atoms with E-state index < -0.39 is 12.3 Å². The Kier molecular flexibility index (Phi) is 2.06. The van der Waals surface area contributed by atoms with Crippen molar-refractivity contribution in [1.82, 2.24) is 0 Å². The molecule has 0 amide bonds. The van der Waals surface area contributed by atoms with Crippen molar-refractivity contribution in [3.05, 3.63) is 0 Å². The number of rotatable bonds is 0. The number of aliphatic hydroxyl groups is 1. The van der Waals surface area contributed by atoms with E-state index in [-0.39, 0.29) is 0 Å². The van der Waals surface area contributed by atoms with Crippen LogP contribution in [0.2, 0.25) is 0 Å². The number of alkyl halides is 1. The van der Waals surface area contributed by atoms with Crippen molar-refractivity contribution >= 4 is 0 Å². The van der Waals surface area contributed by atoms with Crippen LogP contribution in [-0.4, -0.2) is 17.4 Å². The lowest BCUT2D eigenvalue weighted by molar-refractivity contribution is 0.0278. The van der Waals surface area contributed by atoms with Gasteiger partial charge in [-0.25, -0.2) is 4.39 Å². The lowest BCUT2D eigenvalue weighted by Gasteiger charge is -2.25. The minimum Gasteiger partial charge on any atom is -0.390 e. The van der Waals surface area contributed by atoms with Gasteiger partial charge in [-0.05, 0) is 25.2 Å². The molecule has 1 rings (SSSR count). The van der Waals surface area contributed by atoms with E-state index in [0.29, 0.717) is 18.8 Å². The second kappa shape index (κ2) is 2.65. The van der Waals surface area contributed by atoms with Crippen molar-refractivity contribution in [2.24, 2.45) is 5.92 Å². The van der Waals surface area contributed by atoms with Gasteiger partial charge in [0.1, 0.15) is 6.17 Å². The van der Waals surface area contributed by atoms with Gasteiger partial charge in [-0.3, -0.25) is 0 Å². The van der Waals surface area contributed by atoms with Gasteiger partial charge in [0.15, 0.2) is 0 Å². The maximum Gasteiger partial charge on any atom is 0.126 e. The van der Waals surface area contributed by atoms with E-state index in [4.69, 9.17) is 5.11 Å². The number of hydrogen-bond donors (Lipinski definition) is 1. The molecule has 0 aromatic rings. The molecule has 0 bridgehead atoms. The smallest absolute Gasteiger partial charge is 0.126 e. The first kappa shape index (κ1) is 7.00. The first-order chi connectivity index (χ1) is 4.20. The van der Waals surface area contributed by atoms with Crippen molar-refractivity contribution in [1.29, 1.82) is 0 Å². The van der Waals surface area contributed by atoms with Crippen LogP contribution >= 0.6 is 0 Å². The summed E-state index contributed by atoms with van der Waals surface area (Å²) >= 11 is 0. The molecular weight excluding hydrogens is 119 g/mol. The fourth-order valence-electron chi connectivity index (χ4n) is 1.30. The molecule has 1 aliphatic rings. The number of halogens is 1. The van der Waals surface area contributed by atoms with Crippen LogP contribution in [0.25, 0.3) is 0 Å². The minimum absolute atomic E-state index is 0.461. The van der Waals surface area contributed by atoms with Gasteiger partial charge in [-0.15, -0.1) is 0 Å². The molecule has 0 saturated heterocycles. The number of hydrogen-bond acceptors (Lipinski definition) is 1. The molecule has 1 aliphatic carbocycles. The minimum atomic E-state index is -0.964. The Morgan fingerprint density at radius 2 is 2.11 bits per heavy atom. The predicted octanol–water partition coefficient (Wildman–Crippen LogP) is 1.51. The molecular formula is C7H13FO. The van der Waals surface area contributed by atoms with E-state index in [2.05, 4.69) is 0 Å². The summed E-state index contributed by atoms with van der Waals surface area (Å²) in [7, 11) is 0. The maximum atomic E-state index is 12.6. The normalized spacial score (nSPS) is 45.0. The van der Waals surface area contributed by atoms with Gasteiger partial charge in [0.25, 0.3) is 0 Å². The van der Waals surface area contributed by atoms with Crippen LogP contribution in [0.5, 0.6) is 0 Å². The Labute approximate surface area is 54.9 Å². The molecule has 9 heavy (non-hydrogen) atoms. The topological polar surface area (TPSA) is 20.2 Å². The third-order valence-electron chi connectivity index (χ3n) is 2.00. The van der Waals surface area contributed by atoms with Gasteiger partial charge in [-0.1, -0.05) is 6.92 Å². The molecule has 0 aliphatic heterocycles. The molecule has 54 valence electrons. The highest BCUT2D eigenvalue weighted by atomic mass is 19.1. The molecule has 0 heterocycles. The molecule has 1 N–H and O–H groups in total. The molecule has 1 saturated carbocycles. The van der Waals surface area contributed by atoms with Crippen LogP contribution in [0, 0.1) is 5.92 Å². The lowest BCUT2D eigenvalue weighted by atomic mass is 9.88. The molecule has 0 radical (unpaired) electrons. The summed E-state index contributed by atoms with van der Waals surface area (Å²) < 4.78 is 12.6. The van der Waals surface area contributed by atoms with Crippen molar-refractivity contribution in [3.8, 4) is 0 Å². The molecule has 1 fully saturated rings. The molecule has 0 spiro atoms. The Bertz CT molecular complexity index is 94.9. The highest BCUT2D eigenvalue weighted by Gasteiger charge is 2.26. The van der Waals surface area contributed by atoms with E-state index in [9.17, 15) is 4.39 Å². The average molecular weight is 132 g/mol. The van der Waals surface area contributed by atoms with Crippen LogP contribution in [-0.2, 0) is 0 Å². The van der Waals surface area contributed by atoms with E-state index in [1.165, 1.54) is 0 Å². The summed E-state index contributed by atoms with van der Waals surface area (Å²) in [6, 6.07) is 0. The highest BCUT2D eigenvalue weighted by molar-refractivity contribution is 4.76.